The molecule has 3 heteroatoms. The van der Waals surface area contributed by atoms with Crippen molar-refractivity contribution >= 4 is 18.1 Å². The van der Waals surface area contributed by atoms with Crippen LogP contribution in [-0.2, 0) is 0 Å². The van der Waals surface area contributed by atoms with Gasteiger partial charge >= 0.3 is 0 Å². The number of piperidine rings is 1. The Morgan fingerprint density at radius 2 is 1.67 bits per heavy atom. The normalized spacial score (nSPS) is 20.2. The quantitative estimate of drug-likeness (QED) is 0.901. The molecule has 1 saturated heterocycles. The van der Waals surface area contributed by atoms with Gasteiger partial charge in [0.15, 0.2) is 0 Å². The topological polar surface area (TPSA) is 15.3 Å². The van der Waals surface area contributed by atoms with Crippen LogP contribution in [-0.4, -0.2) is 25.7 Å². The second-order valence-corrected chi connectivity index (χ2v) is 5.41. The van der Waals surface area contributed by atoms with Crippen LogP contribution in [0, 0.1) is 5.92 Å². The Morgan fingerprint density at radius 3 is 2.28 bits per heavy atom. The number of benzene rings is 1. The van der Waals surface area contributed by atoms with E-state index in [-0.39, 0.29) is 12.4 Å². The van der Waals surface area contributed by atoms with Crippen molar-refractivity contribution in [1.29, 1.82) is 0 Å². The van der Waals surface area contributed by atoms with Gasteiger partial charge < -0.3 is 10.2 Å². The highest BCUT2D eigenvalue weighted by Crippen LogP contribution is 2.33. The molecule has 1 aliphatic carbocycles. The smallest absolute Gasteiger partial charge is 0.0368 e. The van der Waals surface area contributed by atoms with Gasteiger partial charge in [0.05, 0.1) is 0 Å². The Hall–Kier alpha value is -0.730. The number of hydrogen-bond donors (Lipinski definition) is 1. The van der Waals surface area contributed by atoms with Crippen LogP contribution in [0.1, 0.15) is 25.7 Å². The van der Waals surface area contributed by atoms with E-state index in [4.69, 9.17) is 0 Å². The van der Waals surface area contributed by atoms with E-state index in [1.54, 1.807) is 0 Å². The van der Waals surface area contributed by atoms with Crippen LogP contribution >= 0.6 is 12.4 Å². The van der Waals surface area contributed by atoms with E-state index < -0.39 is 0 Å². The summed E-state index contributed by atoms with van der Waals surface area (Å²) >= 11 is 0. The first kappa shape index (κ1) is 13.7. The van der Waals surface area contributed by atoms with Crippen LogP contribution < -0.4 is 10.2 Å². The van der Waals surface area contributed by atoms with Crippen LogP contribution in [0.4, 0.5) is 5.69 Å². The maximum Gasteiger partial charge on any atom is 0.0368 e. The predicted molar refractivity (Wildman–Crippen MR) is 79.7 cm³/mol. The van der Waals surface area contributed by atoms with Gasteiger partial charge in [0.25, 0.3) is 0 Å². The van der Waals surface area contributed by atoms with Gasteiger partial charge in [-0.2, -0.15) is 0 Å². The molecule has 0 atom stereocenters. The molecule has 2 aliphatic rings. The second-order valence-electron chi connectivity index (χ2n) is 5.41. The zero-order chi connectivity index (χ0) is 11.5. The third kappa shape index (κ3) is 3.39. The number of anilines is 1. The van der Waals surface area contributed by atoms with Crippen molar-refractivity contribution in [3.05, 3.63) is 30.3 Å². The van der Waals surface area contributed by atoms with Gasteiger partial charge in [-0.05, 0) is 56.8 Å². The van der Waals surface area contributed by atoms with Crippen LogP contribution in [0.15, 0.2) is 30.3 Å². The second kappa shape index (κ2) is 6.44. The Bertz CT molecular complexity index is 345. The Kier molecular flexibility index (Phi) is 4.90. The fourth-order valence-corrected chi connectivity index (χ4v) is 2.78. The zero-order valence-corrected chi connectivity index (χ0v) is 11.7. The molecule has 1 aromatic carbocycles. The zero-order valence-electron chi connectivity index (χ0n) is 10.8. The fraction of sp³-hybridized carbons (Fsp3) is 0.600. The molecular weight excluding hydrogens is 244 g/mol. The molecule has 1 aromatic rings. The van der Waals surface area contributed by atoms with E-state index in [0.717, 1.165) is 12.0 Å². The Morgan fingerprint density at radius 1 is 1.00 bits per heavy atom. The molecule has 0 bridgehead atoms. The third-order valence-electron chi connectivity index (χ3n) is 3.99. The van der Waals surface area contributed by atoms with E-state index in [2.05, 4.69) is 40.5 Å². The molecule has 0 amide bonds. The lowest BCUT2D eigenvalue weighted by Gasteiger charge is -2.36. The highest BCUT2D eigenvalue weighted by molar-refractivity contribution is 5.85. The summed E-state index contributed by atoms with van der Waals surface area (Å²) in [5.74, 6) is 0.963. The largest absolute Gasteiger partial charge is 0.368 e. The van der Waals surface area contributed by atoms with Crippen molar-refractivity contribution in [2.75, 3.05) is 24.5 Å². The third-order valence-corrected chi connectivity index (χ3v) is 3.99. The molecule has 0 aromatic heterocycles. The summed E-state index contributed by atoms with van der Waals surface area (Å²) in [7, 11) is 0. The van der Waals surface area contributed by atoms with Gasteiger partial charge in [0, 0.05) is 18.3 Å². The molecule has 2 fully saturated rings. The molecule has 100 valence electrons. The molecule has 18 heavy (non-hydrogen) atoms. The first-order chi connectivity index (χ1) is 8.43. The van der Waals surface area contributed by atoms with Crippen molar-refractivity contribution in [3.63, 3.8) is 0 Å². The first-order valence-corrected chi connectivity index (χ1v) is 6.96. The summed E-state index contributed by atoms with van der Waals surface area (Å²) in [5.41, 5.74) is 1.42. The highest BCUT2D eigenvalue weighted by Gasteiger charge is 2.28. The molecule has 3 rings (SSSR count). The van der Waals surface area contributed by atoms with Gasteiger partial charge in [-0.15, -0.1) is 12.4 Å². The van der Waals surface area contributed by atoms with Crippen LogP contribution in [0.2, 0.25) is 0 Å². The molecule has 0 unspecified atom stereocenters. The summed E-state index contributed by atoms with van der Waals surface area (Å²) in [4.78, 5) is 2.67. The number of nitrogens with zero attached hydrogens (tertiary/aromatic N) is 1. The minimum Gasteiger partial charge on any atom is -0.368 e. The maximum atomic E-state index is 3.46. The van der Waals surface area contributed by atoms with Crippen LogP contribution in [0.3, 0.4) is 0 Å². The van der Waals surface area contributed by atoms with Crippen molar-refractivity contribution < 1.29 is 0 Å². The van der Waals surface area contributed by atoms with Gasteiger partial charge in [-0.1, -0.05) is 18.2 Å². The molecule has 1 N–H and O–H groups in total. The van der Waals surface area contributed by atoms with E-state index in [1.807, 2.05) is 0 Å². The van der Waals surface area contributed by atoms with Gasteiger partial charge in [0.2, 0.25) is 0 Å². The van der Waals surface area contributed by atoms with Crippen molar-refractivity contribution in [3.8, 4) is 0 Å². The number of halogens is 1. The first-order valence-electron chi connectivity index (χ1n) is 6.96. The van der Waals surface area contributed by atoms with Crippen molar-refractivity contribution in [2.45, 2.75) is 31.7 Å². The van der Waals surface area contributed by atoms with Crippen LogP contribution in [0.25, 0.3) is 0 Å². The summed E-state index contributed by atoms with van der Waals surface area (Å²) in [5, 5.41) is 3.46. The lowest BCUT2D eigenvalue weighted by Crippen LogP contribution is -2.44. The summed E-state index contributed by atoms with van der Waals surface area (Å²) in [6.07, 6.45) is 5.46. The maximum absolute atomic E-state index is 3.46. The molecule has 0 spiro atoms. The molecule has 2 nitrogen and oxygen atoms in total. The van der Waals surface area contributed by atoms with Gasteiger partial charge in [-0.3, -0.25) is 0 Å². The standard InChI is InChI=1S/C15H22N2.ClH/c1-2-4-14(5-3-1)17(12-13-6-7-13)15-8-10-16-11-9-15;/h1-5,13,15-16H,6-12H2;1H. The summed E-state index contributed by atoms with van der Waals surface area (Å²) in [6.45, 7) is 3.63. The number of nitrogens with one attached hydrogen (secondary N) is 1. The number of rotatable bonds is 4. The molecule has 1 saturated carbocycles. The average Bonchev–Trinajstić information content (AvgIpc) is 3.22. The predicted octanol–water partition coefficient (Wildman–Crippen LogP) is 3.08. The van der Waals surface area contributed by atoms with E-state index in [9.17, 15) is 0 Å². The van der Waals surface area contributed by atoms with Crippen molar-refractivity contribution in [1.82, 2.24) is 5.32 Å². The van der Waals surface area contributed by atoms with E-state index in [0.29, 0.717) is 0 Å². The lowest BCUT2D eigenvalue weighted by molar-refractivity contribution is 0.425. The number of para-hydroxylation sites is 1. The minimum atomic E-state index is 0. The molecule has 0 radical (unpaired) electrons. The SMILES string of the molecule is Cl.c1ccc(N(CC2CC2)C2CCNCC2)cc1. The van der Waals surface area contributed by atoms with Gasteiger partial charge in [-0.25, -0.2) is 0 Å². The summed E-state index contributed by atoms with van der Waals surface area (Å²) in [6, 6.07) is 11.7. The number of hydrogen-bond acceptors (Lipinski definition) is 2. The summed E-state index contributed by atoms with van der Waals surface area (Å²) < 4.78 is 0. The van der Waals surface area contributed by atoms with E-state index in [1.165, 1.54) is 51.0 Å². The van der Waals surface area contributed by atoms with Crippen LogP contribution in [0.5, 0.6) is 0 Å². The Balaban J connectivity index is 0.00000120. The highest BCUT2D eigenvalue weighted by atomic mass is 35.5. The average molecular weight is 267 g/mol. The Labute approximate surface area is 116 Å². The van der Waals surface area contributed by atoms with E-state index >= 15 is 0 Å². The van der Waals surface area contributed by atoms with Gasteiger partial charge in [0.1, 0.15) is 0 Å². The molecule has 1 aliphatic heterocycles. The monoisotopic (exact) mass is 266 g/mol. The molecular formula is C15H23ClN2. The lowest BCUT2D eigenvalue weighted by atomic mass is 10.0. The van der Waals surface area contributed by atoms with Crippen molar-refractivity contribution in [2.24, 2.45) is 5.92 Å². The minimum absolute atomic E-state index is 0. The fourth-order valence-electron chi connectivity index (χ4n) is 2.78. The molecule has 1 heterocycles.